The molecule has 142 valence electrons. The van der Waals surface area contributed by atoms with E-state index in [9.17, 15) is 9.59 Å². The maximum atomic E-state index is 12.6. The first-order chi connectivity index (χ1) is 13.6. The molecule has 0 bridgehead atoms. The van der Waals surface area contributed by atoms with E-state index in [0.29, 0.717) is 28.4 Å². The van der Waals surface area contributed by atoms with Crippen molar-refractivity contribution in [1.82, 2.24) is 34.7 Å². The Bertz CT molecular complexity index is 1270. The standard InChI is InChI=1S/C18H17N7O3/c1-28-16-7-6-14-21-22-15(25(14)23-16)9-19-17(26)10-2-5-13-12(8-10)20-18(27)24(13)11-3-4-11/h2,5-8,11H,3-4,9H2,1H3,(H,19,26)(H,20,27). The molecule has 0 aliphatic heterocycles. The van der Waals surface area contributed by atoms with Gasteiger partial charge in [-0.3, -0.25) is 9.36 Å². The molecule has 1 amide bonds. The van der Waals surface area contributed by atoms with Crippen LogP contribution < -0.4 is 15.7 Å². The minimum atomic E-state index is -0.276. The molecule has 1 fully saturated rings. The Morgan fingerprint density at radius 2 is 2.14 bits per heavy atom. The molecule has 3 heterocycles. The van der Waals surface area contributed by atoms with Crippen LogP contribution in [0.15, 0.2) is 35.1 Å². The first-order valence-corrected chi connectivity index (χ1v) is 8.92. The van der Waals surface area contributed by atoms with Crippen LogP contribution in [0.4, 0.5) is 0 Å². The summed E-state index contributed by atoms with van der Waals surface area (Å²) in [5.74, 6) is 0.632. The van der Waals surface area contributed by atoms with Gasteiger partial charge in [0.05, 0.1) is 24.7 Å². The number of rotatable bonds is 5. The Morgan fingerprint density at radius 3 is 2.93 bits per heavy atom. The molecule has 10 nitrogen and oxygen atoms in total. The Kier molecular flexibility index (Phi) is 3.64. The third-order valence-corrected chi connectivity index (χ3v) is 4.81. The second kappa shape index (κ2) is 6.19. The van der Waals surface area contributed by atoms with Crippen LogP contribution >= 0.6 is 0 Å². The Balaban J connectivity index is 1.38. The number of carbonyl (C=O) groups excluding carboxylic acids is 1. The van der Waals surface area contributed by atoms with Gasteiger partial charge in [0.2, 0.25) is 5.88 Å². The average molecular weight is 379 g/mol. The summed E-state index contributed by atoms with van der Waals surface area (Å²) in [6.07, 6.45) is 2.03. The molecule has 1 aliphatic carbocycles. The number of methoxy groups -OCH3 is 1. The number of imidazole rings is 1. The number of aromatic amines is 1. The van der Waals surface area contributed by atoms with Crippen LogP contribution in [0, 0.1) is 0 Å². The van der Waals surface area contributed by atoms with E-state index in [1.54, 1.807) is 34.9 Å². The summed E-state index contributed by atoms with van der Waals surface area (Å²) in [6, 6.07) is 8.90. The Morgan fingerprint density at radius 1 is 1.29 bits per heavy atom. The van der Waals surface area contributed by atoms with Gasteiger partial charge in [0.25, 0.3) is 5.91 Å². The summed E-state index contributed by atoms with van der Waals surface area (Å²) in [7, 11) is 1.52. The van der Waals surface area contributed by atoms with Crippen molar-refractivity contribution in [2.24, 2.45) is 0 Å². The predicted octanol–water partition coefficient (Wildman–Crippen LogP) is 1.04. The van der Waals surface area contributed by atoms with Crippen molar-refractivity contribution in [3.63, 3.8) is 0 Å². The molecular formula is C18H17N7O3. The van der Waals surface area contributed by atoms with Gasteiger partial charge in [-0.1, -0.05) is 0 Å². The second-order valence-corrected chi connectivity index (χ2v) is 6.71. The van der Waals surface area contributed by atoms with Gasteiger partial charge < -0.3 is 15.0 Å². The maximum absolute atomic E-state index is 12.6. The molecule has 3 aromatic heterocycles. The summed E-state index contributed by atoms with van der Waals surface area (Å²) in [5, 5.41) is 15.1. The number of amides is 1. The van der Waals surface area contributed by atoms with Crippen molar-refractivity contribution < 1.29 is 9.53 Å². The number of aromatic nitrogens is 6. The van der Waals surface area contributed by atoms with Gasteiger partial charge in [-0.15, -0.1) is 15.3 Å². The highest BCUT2D eigenvalue weighted by atomic mass is 16.5. The molecule has 2 N–H and O–H groups in total. The van der Waals surface area contributed by atoms with Crippen molar-refractivity contribution in [3.05, 3.63) is 52.2 Å². The quantitative estimate of drug-likeness (QED) is 0.535. The molecule has 5 rings (SSSR count). The number of carbonyl (C=O) groups is 1. The number of hydrogen-bond acceptors (Lipinski definition) is 6. The fraction of sp³-hybridized carbons (Fsp3) is 0.278. The van der Waals surface area contributed by atoms with E-state index < -0.39 is 0 Å². The van der Waals surface area contributed by atoms with E-state index in [4.69, 9.17) is 4.74 Å². The Hall–Kier alpha value is -3.69. The first-order valence-electron chi connectivity index (χ1n) is 8.92. The molecule has 10 heteroatoms. The van der Waals surface area contributed by atoms with E-state index in [-0.39, 0.29) is 24.2 Å². The fourth-order valence-corrected chi connectivity index (χ4v) is 3.26. The zero-order valence-electron chi connectivity index (χ0n) is 15.0. The highest BCUT2D eigenvalue weighted by molar-refractivity contribution is 5.97. The molecule has 0 atom stereocenters. The zero-order chi connectivity index (χ0) is 19.3. The second-order valence-electron chi connectivity index (χ2n) is 6.71. The van der Waals surface area contributed by atoms with E-state index in [2.05, 4.69) is 25.6 Å². The minimum absolute atomic E-state index is 0.134. The Labute approximate surface area is 158 Å². The smallest absolute Gasteiger partial charge is 0.326 e. The van der Waals surface area contributed by atoms with Crippen molar-refractivity contribution in [1.29, 1.82) is 0 Å². The molecule has 0 unspecified atom stereocenters. The van der Waals surface area contributed by atoms with Gasteiger partial charge in [0, 0.05) is 17.7 Å². The summed E-state index contributed by atoms with van der Waals surface area (Å²) in [4.78, 5) is 27.5. The van der Waals surface area contributed by atoms with Crippen LogP contribution in [-0.4, -0.2) is 42.4 Å². The van der Waals surface area contributed by atoms with Gasteiger partial charge >= 0.3 is 5.69 Å². The molecule has 1 saturated carbocycles. The number of H-pyrrole nitrogens is 1. The van der Waals surface area contributed by atoms with Crippen LogP contribution in [0.3, 0.4) is 0 Å². The highest BCUT2D eigenvalue weighted by Gasteiger charge is 2.27. The van der Waals surface area contributed by atoms with Crippen molar-refractivity contribution >= 4 is 22.6 Å². The summed E-state index contributed by atoms with van der Waals surface area (Å²) in [5.41, 5.74) is 2.36. The third kappa shape index (κ3) is 2.70. The van der Waals surface area contributed by atoms with Crippen LogP contribution in [0.5, 0.6) is 5.88 Å². The molecule has 28 heavy (non-hydrogen) atoms. The van der Waals surface area contributed by atoms with Crippen LogP contribution in [-0.2, 0) is 6.54 Å². The van der Waals surface area contributed by atoms with E-state index in [1.807, 2.05) is 0 Å². The summed E-state index contributed by atoms with van der Waals surface area (Å²) < 4.78 is 8.40. The van der Waals surface area contributed by atoms with Gasteiger partial charge in [-0.05, 0) is 37.1 Å². The number of ether oxygens (including phenoxy) is 1. The van der Waals surface area contributed by atoms with Crippen LogP contribution in [0.25, 0.3) is 16.7 Å². The number of benzene rings is 1. The minimum Gasteiger partial charge on any atom is -0.480 e. The number of nitrogens with zero attached hydrogens (tertiary/aromatic N) is 5. The number of fused-ring (bicyclic) bond motifs is 2. The van der Waals surface area contributed by atoms with Crippen molar-refractivity contribution in [2.75, 3.05) is 7.11 Å². The predicted molar refractivity (Wildman–Crippen MR) is 99.3 cm³/mol. The lowest BCUT2D eigenvalue weighted by Crippen LogP contribution is -2.24. The van der Waals surface area contributed by atoms with Gasteiger partial charge in [-0.2, -0.15) is 4.52 Å². The topological polar surface area (TPSA) is 119 Å². The molecule has 4 aromatic rings. The van der Waals surface area contributed by atoms with Crippen LogP contribution in [0.2, 0.25) is 0 Å². The lowest BCUT2D eigenvalue weighted by Gasteiger charge is -2.05. The molecule has 0 radical (unpaired) electrons. The van der Waals surface area contributed by atoms with Gasteiger partial charge in [-0.25, -0.2) is 4.79 Å². The maximum Gasteiger partial charge on any atom is 0.326 e. The van der Waals surface area contributed by atoms with E-state index >= 15 is 0 Å². The van der Waals surface area contributed by atoms with Gasteiger partial charge in [0.15, 0.2) is 11.5 Å². The molecular weight excluding hydrogens is 362 g/mol. The average Bonchev–Trinajstić information content (AvgIpc) is 3.37. The zero-order valence-corrected chi connectivity index (χ0v) is 15.0. The monoisotopic (exact) mass is 379 g/mol. The van der Waals surface area contributed by atoms with E-state index in [0.717, 1.165) is 18.4 Å². The van der Waals surface area contributed by atoms with Crippen molar-refractivity contribution in [3.8, 4) is 5.88 Å². The van der Waals surface area contributed by atoms with Crippen LogP contribution in [0.1, 0.15) is 35.1 Å². The van der Waals surface area contributed by atoms with Gasteiger partial charge in [0.1, 0.15) is 0 Å². The van der Waals surface area contributed by atoms with E-state index in [1.165, 1.54) is 11.6 Å². The molecule has 1 aromatic carbocycles. The summed E-state index contributed by atoms with van der Waals surface area (Å²) >= 11 is 0. The lowest BCUT2D eigenvalue weighted by atomic mass is 10.2. The fourth-order valence-electron chi connectivity index (χ4n) is 3.26. The number of nitrogens with one attached hydrogen (secondary N) is 2. The molecule has 0 spiro atoms. The first kappa shape index (κ1) is 16.5. The van der Waals surface area contributed by atoms with Crippen molar-refractivity contribution in [2.45, 2.75) is 25.4 Å². The molecule has 0 saturated heterocycles. The molecule has 1 aliphatic rings. The highest BCUT2D eigenvalue weighted by Crippen LogP contribution is 2.35. The SMILES string of the molecule is COc1ccc2nnc(CNC(=O)c3ccc4c(c3)[nH]c(=O)n4C3CC3)n2n1. The third-order valence-electron chi connectivity index (χ3n) is 4.81. The summed E-state index contributed by atoms with van der Waals surface area (Å²) in [6.45, 7) is 0.151. The lowest BCUT2D eigenvalue weighted by molar-refractivity contribution is 0.0950. The number of hydrogen-bond donors (Lipinski definition) is 2. The largest absolute Gasteiger partial charge is 0.480 e. The normalized spacial score (nSPS) is 13.9.